The highest BCUT2D eigenvalue weighted by atomic mass is 32.2. The molecule has 1 atom stereocenters. The van der Waals surface area contributed by atoms with Gasteiger partial charge in [0.25, 0.3) is 15.2 Å². The summed E-state index contributed by atoms with van der Waals surface area (Å²) in [6, 6.07) is 0. The maximum Gasteiger partial charge on any atom is 0.273 e. The van der Waals surface area contributed by atoms with Gasteiger partial charge in [-0.3, -0.25) is 4.57 Å². The van der Waals surface area contributed by atoms with Crippen LogP contribution in [0.5, 0.6) is 0 Å². The molecule has 0 saturated heterocycles. The van der Waals surface area contributed by atoms with Crippen LogP contribution in [0.1, 0.15) is 12.7 Å². The van der Waals surface area contributed by atoms with E-state index in [1.165, 1.54) is 11.7 Å². The number of primary sulfonamides is 1. The molecular formula is C10H20N4O4S. The molecule has 0 radical (unpaired) electrons. The van der Waals surface area contributed by atoms with E-state index >= 15 is 0 Å². The van der Waals surface area contributed by atoms with E-state index < -0.39 is 10.0 Å². The van der Waals surface area contributed by atoms with Gasteiger partial charge in [-0.2, -0.15) is 0 Å². The van der Waals surface area contributed by atoms with E-state index in [2.05, 4.69) is 10.2 Å². The molecule has 8 nitrogen and oxygen atoms in total. The summed E-state index contributed by atoms with van der Waals surface area (Å²) in [5.74, 6) is 0.759. The van der Waals surface area contributed by atoms with Crippen LogP contribution >= 0.6 is 0 Å². The predicted molar refractivity (Wildman–Crippen MR) is 68.0 cm³/mol. The molecule has 0 saturated carbocycles. The SMILES string of the molecule is COCCn1c(CC(C)COC)nnc1S(N)(=O)=O. The number of rotatable bonds is 8. The number of aromatic nitrogens is 3. The average molecular weight is 292 g/mol. The van der Waals surface area contributed by atoms with E-state index in [0.717, 1.165) is 0 Å². The zero-order valence-electron chi connectivity index (χ0n) is 11.4. The normalized spacial score (nSPS) is 13.7. The quantitative estimate of drug-likeness (QED) is 0.685. The summed E-state index contributed by atoms with van der Waals surface area (Å²) in [7, 11) is -0.740. The highest BCUT2D eigenvalue weighted by molar-refractivity contribution is 7.89. The van der Waals surface area contributed by atoms with Crippen molar-refractivity contribution in [1.29, 1.82) is 0 Å². The Morgan fingerprint density at radius 3 is 2.53 bits per heavy atom. The predicted octanol–water partition coefficient (Wildman–Crippen LogP) is -0.603. The summed E-state index contributed by atoms with van der Waals surface area (Å²) in [6.07, 6.45) is 0.556. The Morgan fingerprint density at radius 1 is 1.32 bits per heavy atom. The Balaban J connectivity index is 3.00. The fourth-order valence-electron chi connectivity index (χ4n) is 1.74. The molecule has 0 spiro atoms. The first-order valence-electron chi connectivity index (χ1n) is 5.83. The van der Waals surface area contributed by atoms with Gasteiger partial charge in [-0.1, -0.05) is 6.92 Å². The molecule has 0 bridgehead atoms. The van der Waals surface area contributed by atoms with E-state index in [1.807, 2.05) is 6.92 Å². The lowest BCUT2D eigenvalue weighted by Crippen LogP contribution is -2.22. The largest absolute Gasteiger partial charge is 0.384 e. The van der Waals surface area contributed by atoms with E-state index in [-0.39, 0.29) is 11.1 Å². The summed E-state index contributed by atoms with van der Waals surface area (Å²) < 4.78 is 34.3. The molecule has 9 heteroatoms. The lowest BCUT2D eigenvalue weighted by atomic mass is 10.1. The summed E-state index contributed by atoms with van der Waals surface area (Å²) in [5.41, 5.74) is 0. The Bertz CT molecular complexity index is 500. The second kappa shape index (κ2) is 6.94. The topological polar surface area (TPSA) is 109 Å². The average Bonchev–Trinajstić information content (AvgIpc) is 2.69. The summed E-state index contributed by atoms with van der Waals surface area (Å²) in [6.45, 7) is 3.23. The van der Waals surface area contributed by atoms with Crippen molar-refractivity contribution in [1.82, 2.24) is 14.8 Å². The van der Waals surface area contributed by atoms with E-state index in [1.54, 1.807) is 7.11 Å². The minimum Gasteiger partial charge on any atom is -0.384 e. The first kappa shape index (κ1) is 16.0. The monoisotopic (exact) mass is 292 g/mol. The van der Waals surface area contributed by atoms with Crippen molar-refractivity contribution in [3.8, 4) is 0 Å². The molecular weight excluding hydrogens is 272 g/mol. The van der Waals surface area contributed by atoms with Crippen molar-refractivity contribution in [2.75, 3.05) is 27.4 Å². The Morgan fingerprint density at radius 2 is 2.00 bits per heavy atom. The van der Waals surface area contributed by atoms with Crippen molar-refractivity contribution in [2.24, 2.45) is 11.1 Å². The third-order valence-electron chi connectivity index (χ3n) is 2.55. The number of sulfonamides is 1. The second-order valence-corrected chi connectivity index (χ2v) is 5.81. The number of ether oxygens (including phenoxy) is 2. The van der Waals surface area contributed by atoms with Gasteiger partial charge in [-0.25, -0.2) is 13.6 Å². The van der Waals surface area contributed by atoms with Gasteiger partial charge in [0, 0.05) is 33.8 Å². The van der Waals surface area contributed by atoms with Crippen molar-refractivity contribution < 1.29 is 17.9 Å². The molecule has 0 amide bonds. The van der Waals surface area contributed by atoms with Gasteiger partial charge < -0.3 is 9.47 Å². The minimum atomic E-state index is -3.89. The van der Waals surface area contributed by atoms with E-state index in [0.29, 0.717) is 32.0 Å². The second-order valence-electron chi connectivity index (χ2n) is 4.35. The molecule has 1 heterocycles. The molecule has 0 aliphatic rings. The summed E-state index contributed by atoms with van der Waals surface area (Å²) in [4.78, 5) is 0. The minimum absolute atomic E-state index is 0.198. The first-order chi connectivity index (χ1) is 8.90. The van der Waals surface area contributed by atoms with Crippen molar-refractivity contribution >= 4 is 10.0 Å². The smallest absolute Gasteiger partial charge is 0.273 e. The van der Waals surface area contributed by atoms with Crippen LogP contribution in [0.4, 0.5) is 0 Å². The van der Waals surface area contributed by atoms with Gasteiger partial charge in [0.1, 0.15) is 5.82 Å². The van der Waals surface area contributed by atoms with Crippen LogP contribution in [0.25, 0.3) is 0 Å². The summed E-state index contributed by atoms with van der Waals surface area (Å²) >= 11 is 0. The van der Waals surface area contributed by atoms with Crippen LogP contribution in [0.3, 0.4) is 0 Å². The fraction of sp³-hybridized carbons (Fsp3) is 0.800. The maximum absolute atomic E-state index is 11.4. The van der Waals surface area contributed by atoms with Crippen molar-refractivity contribution in [3.05, 3.63) is 5.82 Å². The molecule has 110 valence electrons. The number of methoxy groups -OCH3 is 2. The van der Waals surface area contributed by atoms with Crippen LogP contribution in [0, 0.1) is 5.92 Å². The summed E-state index contributed by atoms with van der Waals surface area (Å²) in [5, 5.41) is 12.4. The molecule has 1 aromatic rings. The van der Waals surface area contributed by atoms with Gasteiger partial charge >= 0.3 is 0 Å². The molecule has 19 heavy (non-hydrogen) atoms. The Hall–Kier alpha value is -1.03. The van der Waals surface area contributed by atoms with E-state index in [9.17, 15) is 8.42 Å². The number of nitrogens with two attached hydrogens (primary N) is 1. The molecule has 2 N–H and O–H groups in total. The molecule has 0 fully saturated rings. The third-order valence-corrected chi connectivity index (χ3v) is 3.36. The van der Waals surface area contributed by atoms with Crippen molar-refractivity contribution in [3.63, 3.8) is 0 Å². The van der Waals surface area contributed by atoms with Gasteiger partial charge in [0.05, 0.1) is 6.61 Å². The van der Waals surface area contributed by atoms with Gasteiger partial charge in [-0.15, -0.1) is 10.2 Å². The van der Waals surface area contributed by atoms with Gasteiger partial charge in [-0.05, 0) is 5.92 Å². The lowest BCUT2D eigenvalue weighted by Gasteiger charge is -2.12. The van der Waals surface area contributed by atoms with E-state index in [4.69, 9.17) is 14.6 Å². The standard InChI is InChI=1S/C10H20N4O4S/c1-8(7-18-3)6-9-12-13-10(19(11,15)16)14(9)4-5-17-2/h8H,4-7H2,1-3H3,(H2,11,15,16). The first-order valence-corrected chi connectivity index (χ1v) is 7.37. The molecule has 0 aliphatic carbocycles. The number of nitrogens with zero attached hydrogens (tertiary/aromatic N) is 3. The fourth-order valence-corrected chi connectivity index (χ4v) is 2.40. The molecule has 1 aromatic heterocycles. The zero-order chi connectivity index (χ0) is 14.5. The van der Waals surface area contributed by atoms with Crippen molar-refractivity contribution in [2.45, 2.75) is 25.0 Å². The highest BCUT2D eigenvalue weighted by Crippen LogP contribution is 2.12. The zero-order valence-corrected chi connectivity index (χ0v) is 12.2. The number of hydrogen-bond donors (Lipinski definition) is 1. The van der Waals surface area contributed by atoms with Crippen LogP contribution < -0.4 is 5.14 Å². The Labute approximate surface area is 113 Å². The molecule has 0 aliphatic heterocycles. The maximum atomic E-state index is 11.4. The third kappa shape index (κ3) is 4.53. The van der Waals surface area contributed by atoms with Gasteiger partial charge in [0.2, 0.25) is 0 Å². The molecule has 1 rings (SSSR count). The molecule has 1 unspecified atom stereocenters. The van der Waals surface area contributed by atoms with Crippen LogP contribution in [-0.2, 0) is 32.5 Å². The Kier molecular flexibility index (Phi) is 5.85. The molecule has 0 aromatic carbocycles. The van der Waals surface area contributed by atoms with Crippen LogP contribution in [0.2, 0.25) is 0 Å². The van der Waals surface area contributed by atoms with Gasteiger partial charge in [0.15, 0.2) is 0 Å². The lowest BCUT2D eigenvalue weighted by molar-refractivity contribution is 0.156. The van der Waals surface area contributed by atoms with Crippen LogP contribution in [0.15, 0.2) is 5.16 Å². The number of hydrogen-bond acceptors (Lipinski definition) is 6. The van der Waals surface area contributed by atoms with Crippen LogP contribution in [-0.4, -0.2) is 50.6 Å². The highest BCUT2D eigenvalue weighted by Gasteiger charge is 2.21.